The van der Waals surface area contributed by atoms with Crippen molar-refractivity contribution in [2.75, 3.05) is 12.3 Å². The van der Waals surface area contributed by atoms with E-state index in [4.69, 9.17) is 5.73 Å². The highest BCUT2D eigenvalue weighted by Crippen LogP contribution is 2.19. The molecule has 2 atom stereocenters. The van der Waals surface area contributed by atoms with Crippen LogP contribution in [-0.2, 0) is 21.7 Å². The van der Waals surface area contributed by atoms with Gasteiger partial charge in [0.1, 0.15) is 6.04 Å². The van der Waals surface area contributed by atoms with Gasteiger partial charge in [-0.15, -0.1) is 0 Å². The summed E-state index contributed by atoms with van der Waals surface area (Å²) in [5.41, 5.74) is 6.40. The van der Waals surface area contributed by atoms with Crippen LogP contribution in [0.15, 0.2) is 12.4 Å². The number of aryl methyl sites for hydroxylation is 1. The lowest BCUT2D eigenvalue weighted by atomic mass is 10.1. The van der Waals surface area contributed by atoms with Crippen molar-refractivity contribution in [1.29, 1.82) is 0 Å². The summed E-state index contributed by atoms with van der Waals surface area (Å²) in [5, 5.41) is 6.07. The van der Waals surface area contributed by atoms with Crippen LogP contribution in [0.25, 0.3) is 0 Å². The van der Waals surface area contributed by atoms with Gasteiger partial charge in [0.25, 0.3) is 0 Å². The van der Waals surface area contributed by atoms with Crippen molar-refractivity contribution in [3.8, 4) is 0 Å². The zero-order valence-electron chi connectivity index (χ0n) is 10.7. The Labute approximate surface area is 112 Å². The van der Waals surface area contributed by atoms with E-state index in [0.29, 0.717) is 18.4 Å². The number of nitrogens with two attached hydrogens (primary N) is 1. The number of aromatic nitrogens is 2. The van der Waals surface area contributed by atoms with Gasteiger partial charge in [-0.1, -0.05) is 0 Å². The van der Waals surface area contributed by atoms with Crippen molar-refractivity contribution >= 4 is 15.7 Å². The maximum atomic E-state index is 11.9. The first-order chi connectivity index (χ1) is 8.90. The van der Waals surface area contributed by atoms with Crippen molar-refractivity contribution in [2.24, 2.45) is 12.8 Å². The van der Waals surface area contributed by atoms with Crippen molar-refractivity contribution in [1.82, 2.24) is 15.1 Å². The van der Waals surface area contributed by atoms with Gasteiger partial charge in [-0.05, 0) is 12.8 Å². The van der Waals surface area contributed by atoms with Gasteiger partial charge in [-0.25, -0.2) is 8.42 Å². The van der Waals surface area contributed by atoms with Crippen LogP contribution in [-0.4, -0.2) is 41.7 Å². The summed E-state index contributed by atoms with van der Waals surface area (Å²) in [5.74, 6) is -0.169. The molecule has 1 aliphatic rings. The Morgan fingerprint density at radius 1 is 1.68 bits per heavy atom. The molecular formula is C11H18N4O3S. The lowest BCUT2D eigenvalue weighted by Crippen LogP contribution is -2.39. The van der Waals surface area contributed by atoms with Gasteiger partial charge in [-0.2, -0.15) is 5.10 Å². The SMILES string of the molecule is Cn1cc(C(N)C(=O)NCC2CCCS2(=O)=O)cn1. The second-order valence-electron chi connectivity index (χ2n) is 4.80. The third-order valence-corrected chi connectivity index (χ3v) is 5.61. The molecule has 0 aliphatic carbocycles. The molecule has 106 valence electrons. The summed E-state index contributed by atoms with van der Waals surface area (Å²) in [6, 6.07) is -0.821. The highest BCUT2D eigenvalue weighted by Gasteiger charge is 2.31. The van der Waals surface area contributed by atoms with Crippen molar-refractivity contribution < 1.29 is 13.2 Å². The fraction of sp³-hybridized carbons (Fsp3) is 0.636. The summed E-state index contributed by atoms with van der Waals surface area (Å²) in [4.78, 5) is 11.9. The Kier molecular flexibility index (Phi) is 3.91. The van der Waals surface area contributed by atoms with Gasteiger partial charge in [0.2, 0.25) is 5.91 Å². The quantitative estimate of drug-likeness (QED) is 0.747. The molecule has 0 bridgehead atoms. The van der Waals surface area contributed by atoms with E-state index in [9.17, 15) is 13.2 Å². The number of hydrogen-bond donors (Lipinski definition) is 2. The number of carbonyl (C=O) groups is 1. The molecule has 1 fully saturated rings. The molecule has 7 nitrogen and oxygen atoms in total. The monoisotopic (exact) mass is 286 g/mol. The van der Waals surface area contributed by atoms with Crippen LogP contribution in [0, 0.1) is 0 Å². The van der Waals surface area contributed by atoms with E-state index in [1.165, 1.54) is 6.20 Å². The first kappa shape index (κ1) is 14.0. The fourth-order valence-electron chi connectivity index (χ4n) is 2.16. The normalized spacial score (nSPS) is 23.2. The van der Waals surface area contributed by atoms with Gasteiger partial charge in [0.15, 0.2) is 9.84 Å². The maximum absolute atomic E-state index is 11.9. The molecule has 2 unspecified atom stereocenters. The smallest absolute Gasteiger partial charge is 0.241 e. The highest BCUT2D eigenvalue weighted by atomic mass is 32.2. The van der Waals surface area contributed by atoms with E-state index in [0.717, 1.165) is 0 Å². The van der Waals surface area contributed by atoms with Gasteiger partial charge >= 0.3 is 0 Å². The fourth-order valence-corrected chi connectivity index (χ4v) is 3.93. The molecule has 0 spiro atoms. The second kappa shape index (κ2) is 5.30. The second-order valence-corrected chi connectivity index (χ2v) is 7.20. The van der Waals surface area contributed by atoms with E-state index >= 15 is 0 Å². The molecule has 3 N–H and O–H groups in total. The van der Waals surface area contributed by atoms with Crippen LogP contribution in [0.4, 0.5) is 0 Å². The van der Waals surface area contributed by atoms with Crippen molar-refractivity contribution in [3.63, 3.8) is 0 Å². The first-order valence-corrected chi connectivity index (χ1v) is 7.85. The van der Waals surface area contributed by atoms with E-state index in [-0.39, 0.29) is 18.2 Å². The Morgan fingerprint density at radius 3 is 2.95 bits per heavy atom. The summed E-state index contributed by atoms with van der Waals surface area (Å²) < 4.78 is 24.8. The minimum absolute atomic E-state index is 0.134. The topological polar surface area (TPSA) is 107 Å². The van der Waals surface area contributed by atoms with Gasteiger partial charge in [0, 0.05) is 25.4 Å². The van der Waals surface area contributed by atoms with E-state index in [2.05, 4.69) is 10.4 Å². The molecule has 2 rings (SSSR count). The number of amides is 1. The van der Waals surface area contributed by atoms with Crippen molar-refractivity contribution in [3.05, 3.63) is 18.0 Å². The Balaban J connectivity index is 1.91. The van der Waals surface area contributed by atoms with Gasteiger partial charge in [-0.3, -0.25) is 9.48 Å². The number of nitrogens with one attached hydrogen (secondary N) is 1. The number of hydrogen-bond acceptors (Lipinski definition) is 5. The number of sulfone groups is 1. The number of carbonyl (C=O) groups excluding carboxylic acids is 1. The standard InChI is InChI=1S/C11H18N4O3S/c1-15-7-8(5-14-15)10(12)11(16)13-6-9-3-2-4-19(9,17)18/h5,7,9-10H,2-4,6,12H2,1H3,(H,13,16). The van der Waals surface area contributed by atoms with Crippen LogP contribution < -0.4 is 11.1 Å². The largest absolute Gasteiger partial charge is 0.353 e. The molecule has 1 aromatic heterocycles. The average molecular weight is 286 g/mol. The molecule has 8 heteroatoms. The third-order valence-electron chi connectivity index (χ3n) is 3.33. The molecule has 0 radical (unpaired) electrons. The van der Waals surface area contributed by atoms with Crippen LogP contribution in [0.1, 0.15) is 24.4 Å². The van der Waals surface area contributed by atoms with Crippen LogP contribution >= 0.6 is 0 Å². The Hall–Kier alpha value is -1.41. The predicted octanol–water partition coefficient (Wildman–Crippen LogP) is -0.887. The summed E-state index contributed by atoms with van der Waals surface area (Å²) >= 11 is 0. The Morgan fingerprint density at radius 2 is 2.42 bits per heavy atom. The predicted molar refractivity (Wildman–Crippen MR) is 70.0 cm³/mol. The molecule has 2 heterocycles. The summed E-state index contributed by atoms with van der Waals surface area (Å²) in [7, 11) is -1.31. The Bertz CT molecular complexity index is 566. The summed E-state index contributed by atoms with van der Waals surface area (Å²) in [6.07, 6.45) is 4.45. The average Bonchev–Trinajstić information content (AvgIpc) is 2.91. The van der Waals surface area contributed by atoms with E-state index in [1.807, 2.05) is 0 Å². The van der Waals surface area contributed by atoms with Gasteiger partial charge in [0.05, 0.1) is 17.2 Å². The highest BCUT2D eigenvalue weighted by molar-refractivity contribution is 7.92. The first-order valence-electron chi connectivity index (χ1n) is 6.13. The molecule has 1 saturated heterocycles. The zero-order valence-corrected chi connectivity index (χ0v) is 11.6. The van der Waals surface area contributed by atoms with E-state index in [1.54, 1.807) is 17.9 Å². The molecule has 0 aromatic carbocycles. The molecule has 1 amide bonds. The van der Waals surface area contributed by atoms with Crippen LogP contribution in [0.3, 0.4) is 0 Å². The molecule has 1 aromatic rings. The van der Waals surface area contributed by atoms with Crippen molar-refractivity contribution in [2.45, 2.75) is 24.1 Å². The minimum Gasteiger partial charge on any atom is -0.353 e. The number of nitrogens with zero attached hydrogens (tertiary/aromatic N) is 2. The minimum atomic E-state index is -3.04. The third kappa shape index (κ3) is 3.13. The molecule has 0 saturated carbocycles. The summed E-state index contributed by atoms with van der Waals surface area (Å²) in [6.45, 7) is 0.134. The van der Waals surface area contributed by atoms with Crippen LogP contribution in [0.2, 0.25) is 0 Å². The molecular weight excluding hydrogens is 268 g/mol. The molecule has 19 heavy (non-hydrogen) atoms. The van der Waals surface area contributed by atoms with Gasteiger partial charge < -0.3 is 11.1 Å². The maximum Gasteiger partial charge on any atom is 0.241 e. The van der Waals surface area contributed by atoms with Crippen LogP contribution in [0.5, 0.6) is 0 Å². The zero-order chi connectivity index (χ0) is 14.0. The number of rotatable bonds is 4. The van der Waals surface area contributed by atoms with E-state index < -0.39 is 21.1 Å². The lowest BCUT2D eigenvalue weighted by Gasteiger charge is -2.13. The molecule has 1 aliphatic heterocycles. The lowest BCUT2D eigenvalue weighted by molar-refractivity contribution is -0.122.